The third kappa shape index (κ3) is 4.25. The Balaban J connectivity index is 1.64. The molecule has 2 aromatic heterocycles. The second kappa shape index (κ2) is 7.03. The molecule has 0 spiro atoms. The maximum atomic E-state index is 12.2. The molecule has 3 rings (SSSR count). The number of carbonyl (C=O) groups is 1. The molecule has 0 atom stereocenters. The Kier molecular flexibility index (Phi) is 4.85. The molecule has 122 valence electrons. The summed E-state index contributed by atoms with van der Waals surface area (Å²) in [5, 5.41) is 6.93. The van der Waals surface area contributed by atoms with E-state index < -0.39 is 0 Å². The molecule has 1 N–H and O–H groups in total. The Hall–Kier alpha value is -2.03. The van der Waals surface area contributed by atoms with Gasteiger partial charge in [-0.3, -0.25) is 9.69 Å². The lowest BCUT2D eigenvalue weighted by molar-refractivity contribution is -0.117. The Morgan fingerprint density at radius 3 is 2.78 bits per heavy atom. The van der Waals surface area contributed by atoms with Gasteiger partial charge in [-0.2, -0.15) is 10.1 Å². The van der Waals surface area contributed by atoms with Crippen LogP contribution in [0.3, 0.4) is 0 Å². The molecule has 9 heteroatoms. The summed E-state index contributed by atoms with van der Waals surface area (Å²) < 4.78 is 1.56. The Bertz CT molecular complexity index is 668. The molecule has 1 aliphatic rings. The second-order valence-corrected chi connectivity index (χ2v) is 5.80. The lowest BCUT2D eigenvalue weighted by Crippen LogP contribution is -2.47. The molecule has 1 aliphatic heterocycles. The van der Waals surface area contributed by atoms with Crippen LogP contribution < -0.4 is 5.32 Å². The molecule has 0 unspecified atom stereocenters. The van der Waals surface area contributed by atoms with Gasteiger partial charge < -0.3 is 10.2 Å². The van der Waals surface area contributed by atoms with Crippen molar-refractivity contribution in [2.45, 2.75) is 0 Å². The zero-order valence-corrected chi connectivity index (χ0v) is 13.6. The van der Waals surface area contributed by atoms with E-state index in [2.05, 4.69) is 37.2 Å². The van der Waals surface area contributed by atoms with E-state index in [0.717, 1.165) is 26.2 Å². The molecule has 0 radical (unpaired) electrons. The Morgan fingerprint density at radius 2 is 2.09 bits per heavy atom. The van der Waals surface area contributed by atoms with E-state index in [0.29, 0.717) is 18.2 Å². The molecule has 8 nitrogen and oxygen atoms in total. The first kappa shape index (κ1) is 15.9. The number of nitrogens with zero attached hydrogens (tertiary/aromatic N) is 6. The number of likely N-dealkylation sites (N-methyl/N-ethyl adjacent to an activating group) is 1. The quantitative estimate of drug-likeness (QED) is 0.820. The summed E-state index contributed by atoms with van der Waals surface area (Å²) in [6, 6.07) is 3.42. The van der Waals surface area contributed by atoms with Crippen LogP contribution >= 0.6 is 11.6 Å². The third-order valence-corrected chi connectivity index (χ3v) is 3.82. The molecule has 1 fully saturated rings. The normalized spacial score (nSPS) is 16.4. The van der Waals surface area contributed by atoms with Crippen LogP contribution in [-0.4, -0.2) is 75.2 Å². The highest BCUT2D eigenvalue weighted by Crippen LogP contribution is 2.13. The van der Waals surface area contributed by atoms with Crippen molar-refractivity contribution < 1.29 is 4.79 Å². The lowest BCUT2D eigenvalue weighted by Gasteiger charge is -2.31. The summed E-state index contributed by atoms with van der Waals surface area (Å²) in [4.78, 5) is 24.7. The number of anilines is 1. The van der Waals surface area contributed by atoms with Crippen LogP contribution in [-0.2, 0) is 4.79 Å². The smallest absolute Gasteiger partial charge is 0.239 e. The Labute approximate surface area is 139 Å². The zero-order valence-electron chi connectivity index (χ0n) is 12.8. The number of nitrogens with one attached hydrogen (secondary N) is 1. The molecule has 23 heavy (non-hydrogen) atoms. The van der Waals surface area contributed by atoms with Crippen LogP contribution in [0, 0.1) is 0 Å². The summed E-state index contributed by atoms with van der Waals surface area (Å²) in [5.41, 5.74) is 0. The van der Waals surface area contributed by atoms with Crippen LogP contribution in [0.5, 0.6) is 0 Å². The number of halogens is 1. The minimum absolute atomic E-state index is 0.0629. The minimum Gasteiger partial charge on any atom is -0.309 e. The predicted octanol–water partition coefficient (Wildman–Crippen LogP) is 0.502. The monoisotopic (exact) mass is 335 g/mol. The fourth-order valence-electron chi connectivity index (χ4n) is 2.38. The molecule has 0 saturated carbocycles. The van der Waals surface area contributed by atoms with Gasteiger partial charge in [0, 0.05) is 44.6 Å². The molecule has 1 saturated heterocycles. The number of carbonyl (C=O) groups excluding carboxylic acids is 1. The maximum absolute atomic E-state index is 12.2. The van der Waals surface area contributed by atoms with E-state index in [-0.39, 0.29) is 11.2 Å². The highest BCUT2D eigenvalue weighted by atomic mass is 35.5. The fourth-order valence-corrected chi connectivity index (χ4v) is 2.56. The van der Waals surface area contributed by atoms with Gasteiger partial charge in [0.15, 0.2) is 5.82 Å². The van der Waals surface area contributed by atoms with Crippen molar-refractivity contribution in [3.05, 3.63) is 29.8 Å². The van der Waals surface area contributed by atoms with Crippen molar-refractivity contribution in [2.75, 3.05) is 45.1 Å². The first-order chi connectivity index (χ1) is 11.1. The lowest BCUT2D eigenvalue weighted by atomic mass is 10.3. The fraction of sp³-hybridized carbons (Fsp3) is 0.429. The zero-order chi connectivity index (χ0) is 16.2. The van der Waals surface area contributed by atoms with Crippen LogP contribution in [0.25, 0.3) is 5.82 Å². The van der Waals surface area contributed by atoms with E-state index in [1.54, 1.807) is 29.2 Å². The summed E-state index contributed by atoms with van der Waals surface area (Å²) in [6.45, 7) is 4.04. The van der Waals surface area contributed by atoms with Crippen LogP contribution in [0.15, 0.2) is 24.5 Å². The molecule has 0 aliphatic carbocycles. The van der Waals surface area contributed by atoms with Crippen molar-refractivity contribution in [3.8, 4) is 5.82 Å². The molecule has 0 bridgehead atoms. The minimum atomic E-state index is -0.115. The molecule has 1 amide bonds. The number of hydrogen-bond acceptors (Lipinski definition) is 6. The first-order valence-electron chi connectivity index (χ1n) is 7.35. The molecular formula is C14H18ClN7O. The molecule has 0 aromatic carbocycles. The van der Waals surface area contributed by atoms with Crippen molar-refractivity contribution in [2.24, 2.45) is 0 Å². The van der Waals surface area contributed by atoms with E-state index >= 15 is 0 Å². The van der Waals surface area contributed by atoms with Gasteiger partial charge in [-0.1, -0.05) is 0 Å². The van der Waals surface area contributed by atoms with Crippen molar-refractivity contribution >= 4 is 23.3 Å². The first-order valence-corrected chi connectivity index (χ1v) is 7.73. The van der Waals surface area contributed by atoms with Gasteiger partial charge in [0.2, 0.25) is 11.2 Å². The van der Waals surface area contributed by atoms with Gasteiger partial charge in [0.05, 0.1) is 6.54 Å². The van der Waals surface area contributed by atoms with Gasteiger partial charge in [-0.15, -0.1) is 0 Å². The van der Waals surface area contributed by atoms with E-state index in [4.69, 9.17) is 11.6 Å². The molecular weight excluding hydrogens is 318 g/mol. The average Bonchev–Trinajstić information content (AvgIpc) is 3.03. The largest absolute Gasteiger partial charge is 0.309 e. The van der Waals surface area contributed by atoms with E-state index in [9.17, 15) is 4.79 Å². The summed E-state index contributed by atoms with van der Waals surface area (Å²) in [6.07, 6.45) is 3.39. The predicted molar refractivity (Wildman–Crippen MR) is 86.7 cm³/mol. The van der Waals surface area contributed by atoms with Gasteiger partial charge in [-0.25, -0.2) is 9.67 Å². The molecule has 2 aromatic rings. The highest BCUT2D eigenvalue weighted by Gasteiger charge is 2.17. The average molecular weight is 336 g/mol. The van der Waals surface area contributed by atoms with Crippen molar-refractivity contribution in [1.82, 2.24) is 29.5 Å². The number of hydrogen-bond donors (Lipinski definition) is 1. The number of rotatable bonds is 4. The van der Waals surface area contributed by atoms with Gasteiger partial charge in [-0.05, 0) is 24.7 Å². The third-order valence-electron chi connectivity index (χ3n) is 3.66. The second-order valence-electron chi connectivity index (χ2n) is 5.46. The summed E-state index contributed by atoms with van der Waals surface area (Å²) in [5.74, 6) is 0.759. The van der Waals surface area contributed by atoms with Crippen LogP contribution in [0.1, 0.15) is 0 Å². The number of amides is 1. The van der Waals surface area contributed by atoms with Crippen LogP contribution in [0.2, 0.25) is 5.28 Å². The topological polar surface area (TPSA) is 79.2 Å². The van der Waals surface area contributed by atoms with Gasteiger partial charge in [0.1, 0.15) is 5.82 Å². The number of piperazine rings is 1. The van der Waals surface area contributed by atoms with Crippen molar-refractivity contribution in [3.63, 3.8) is 0 Å². The summed E-state index contributed by atoms with van der Waals surface area (Å²) in [7, 11) is 2.08. The number of aromatic nitrogens is 4. The summed E-state index contributed by atoms with van der Waals surface area (Å²) >= 11 is 5.93. The van der Waals surface area contributed by atoms with Crippen molar-refractivity contribution in [1.29, 1.82) is 0 Å². The Morgan fingerprint density at radius 1 is 1.30 bits per heavy atom. The highest BCUT2D eigenvalue weighted by molar-refractivity contribution is 6.28. The van der Waals surface area contributed by atoms with E-state index in [1.165, 1.54) is 0 Å². The van der Waals surface area contributed by atoms with Crippen LogP contribution in [0.4, 0.5) is 5.82 Å². The molecule has 3 heterocycles. The van der Waals surface area contributed by atoms with Gasteiger partial charge in [0.25, 0.3) is 0 Å². The van der Waals surface area contributed by atoms with Gasteiger partial charge >= 0.3 is 0 Å². The SMILES string of the molecule is CN1CCN(CC(=O)Nc2cc(-n3cccn3)nc(Cl)n2)CC1. The van der Waals surface area contributed by atoms with E-state index in [1.807, 2.05) is 0 Å². The maximum Gasteiger partial charge on any atom is 0.239 e. The standard InChI is InChI=1S/C14H18ClN7O/c1-20-5-7-21(8-6-20)10-13(23)17-11-9-12(19-14(15)18-11)22-4-2-3-16-22/h2-4,9H,5-8,10H2,1H3,(H,17,18,19,23).